The summed E-state index contributed by atoms with van der Waals surface area (Å²) in [5, 5.41) is 2.84. The van der Waals surface area contributed by atoms with Gasteiger partial charge >= 0.3 is 6.09 Å². The minimum atomic E-state index is -0.451. The van der Waals surface area contributed by atoms with Crippen molar-refractivity contribution in [2.45, 2.75) is 52.2 Å². The zero-order chi connectivity index (χ0) is 11.7. The van der Waals surface area contributed by atoms with Gasteiger partial charge in [-0.3, -0.25) is 0 Å². The van der Waals surface area contributed by atoms with E-state index in [-0.39, 0.29) is 17.6 Å². The van der Waals surface area contributed by atoms with Crippen LogP contribution in [-0.2, 0) is 4.74 Å². The van der Waals surface area contributed by atoms with E-state index in [1.807, 2.05) is 20.8 Å². The van der Waals surface area contributed by atoms with Gasteiger partial charge < -0.3 is 15.8 Å². The van der Waals surface area contributed by atoms with Crippen LogP contribution in [-0.4, -0.2) is 24.3 Å². The normalized spacial score (nSPS) is 20.6. The maximum Gasteiger partial charge on any atom is 0.407 e. The number of nitrogens with one attached hydrogen (secondary N) is 1. The fourth-order valence-corrected chi connectivity index (χ4v) is 1.51. The second-order valence-corrected chi connectivity index (χ2v) is 5.59. The molecule has 0 aliphatic heterocycles. The number of hydrogen-bond acceptors (Lipinski definition) is 3. The molecule has 15 heavy (non-hydrogen) atoms. The SMILES string of the molecule is CC(C)(C)OC(=O)NC(CN)C1(C)CC1. The van der Waals surface area contributed by atoms with Gasteiger partial charge in [-0.2, -0.15) is 0 Å². The van der Waals surface area contributed by atoms with Gasteiger partial charge in [0.15, 0.2) is 0 Å². The lowest BCUT2D eigenvalue weighted by atomic mass is 9.99. The van der Waals surface area contributed by atoms with E-state index in [0.29, 0.717) is 6.54 Å². The van der Waals surface area contributed by atoms with Crippen LogP contribution in [0.1, 0.15) is 40.5 Å². The van der Waals surface area contributed by atoms with Crippen molar-refractivity contribution >= 4 is 6.09 Å². The number of ether oxygens (including phenoxy) is 1. The molecule has 0 heterocycles. The van der Waals surface area contributed by atoms with E-state index in [1.54, 1.807) is 0 Å². The maximum absolute atomic E-state index is 11.5. The van der Waals surface area contributed by atoms with E-state index in [1.165, 1.54) is 0 Å². The summed E-state index contributed by atoms with van der Waals surface area (Å²) in [4.78, 5) is 11.5. The summed E-state index contributed by atoms with van der Waals surface area (Å²) in [6, 6.07) is 0.0346. The van der Waals surface area contributed by atoms with Crippen LogP contribution in [0, 0.1) is 5.41 Å². The highest BCUT2D eigenvalue weighted by atomic mass is 16.6. The predicted molar refractivity (Wildman–Crippen MR) is 59.6 cm³/mol. The Kier molecular flexibility index (Phi) is 3.28. The van der Waals surface area contributed by atoms with Crippen molar-refractivity contribution in [3.8, 4) is 0 Å². The third-order valence-corrected chi connectivity index (χ3v) is 2.81. The van der Waals surface area contributed by atoms with Crippen LogP contribution in [0.4, 0.5) is 4.79 Å². The summed E-state index contributed by atoms with van der Waals surface area (Å²) in [6.07, 6.45) is 1.89. The summed E-state index contributed by atoms with van der Waals surface area (Å²) in [5.74, 6) is 0. The molecule has 3 N–H and O–H groups in total. The molecule has 4 nitrogen and oxygen atoms in total. The average molecular weight is 214 g/mol. The highest BCUT2D eigenvalue weighted by Crippen LogP contribution is 2.47. The van der Waals surface area contributed by atoms with E-state index in [9.17, 15) is 4.79 Å². The van der Waals surface area contributed by atoms with Crippen LogP contribution < -0.4 is 11.1 Å². The summed E-state index contributed by atoms with van der Waals surface area (Å²) < 4.78 is 5.19. The molecule has 4 heteroatoms. The molecule has 0 aromatic heterocycles. The van der Waals surface area contributed by atoms with Gasteiger partial charge in [-0.25, -0.2) is 4.79 Å². The molecule has 0 spiro atoms. The molecule has 0 bridgehead atoms. The van der Waals surface area contributed by atoms with E-state index in [2.05, 4.69) is 12.2 Å². The number of amides is 1. The molecule has 1 aliphatic rings. The first-order valence-corrected chi connectivity index (χ1v) is 5.46. The zero-order valence-electron chi connectivity index (χ0n) is 10.1. The van der Waals surface area contributed by atoms with E-state index in [0.717, 1.165) is 12.8 Å². The molecule has 88 valence electrons. The monoisotopic (exact) mass is 214 g/mol. The van der Waals surface area contributed by atoms with Crippen LogP contribution in [0.15, 0.2) is 0 Å². The molecular formula is C11H22N2O2. The molecule has 1 atom stereocenters. The van der Waals surface area contributed by atoms with Crippen molar-refractivity contribution < 1.29 is 9.53 Å². The van der Waals surface area contributed by atoms with Crippen LogP contribution in [0.5, 0.6) is 0 Å². The molecule has 1 amide bonds. The number of hydrogen-bond donors (Lipinski definition) is 2. The first kappa shape index (κ1) is 12.3. The van der Waals surface area contributed by atoms with E-state index < -0.39 is 5.60 Å². The molecule has 1 unspecified atom stereocenters. The third kappa shape index (κ3) is 3.70. The van der Waals surface area contributed by atoms with E-state index >= 15 is 0 Å². The Morgan fingerprint density at radius 3 is 2.40 bits per heavy atom. The first-order chi connectivity index (χ1) is 6.77. The lowest BCUT2D eigenvalue weighted by Crippen LogP contribution is -2.47. The van der Waals surface area contributed by atoms with Crippen molar-refractivity contribution in [3.63, 3.8) is 0 Å². The first-order valence-electron chi connectivity index (χ1n) is 5.46. The fraction of sp³-hybridized carbons (Fsp3) is 0.909. The largest absolute Gasteiger partial charge is 0.444 e. The maximum atomic E-state index is 11.5. The Morgan fingerprint density at radius 2 is 2.07 bits per heavy atom. The van der Waals surface area contributed by atoms with Gasteiger partial charge in [0.1, 0.15) is 5.60 Å². The van der Waals surface area contributed by atoms with Crippen molar-refractivity contribution in [2.24, 2.45) is 11.1 Å². The molecular weight excluding hydrogens is 192 g/mol. The standard InChI is InChI=1S/C11H22N2O2/c1-10(2,3)15-9(14)13-8(7-12)11(4)5-6-11/h8H,5-7,12H2,1-4H3,(H,13,14). The Morgan fingerprint density at radius 1 is 1.53 bits per heavy atom. The number of alkyl carbamates (subject to hydrolysis) is 1. The molecule has 1 fully saturated rings. The van der Waals surface area contributed by atoms with Crippen molar-refractivity contribution in [2.75, 3.05) is 6.54 Å². The van der Waals surface area contributed by atoms with Crippen LogP contribution in [0.25, 0.3) is 0 Å². The van der Waals surface area contributed by atoms with Crippen LogP contribution >= 0.6 is 0 Å². The van der Waals surface area contributed by atoms with Crippen LogP contribution in [0.3, 0.4) is 0 Å². The highest BCUT2D eigenvalue weighted by Gasteiger charge is 2.45. The minimum Gasteiger partial charge on any atom is -0.444 e. The smallest absolute Gasteiger partial charge is 0.407 e. The molecule has 1 aliphatic carbocycles. The highest BCUT2D eigenvalue weighted by molar-refractivity contribution is 5.68. The third-order valence-electron chi connectivity index (χ3n) is 2.81. The summed E-state index contributed by atoms with van der Waals surface area (Å²) in [6.45, 7) is 8.16. The molecule has 0 radical (unpaired) electrons. The second kappa shape index (κ2) is 4.00. The lowest BCUT2D eigenvalue weighted by Gasteiger charge is -2.26. The summed E-state index contributed by atoms with van der Waals surface area (Å²) in [5.41, 5.74) is 5.38. The minimum absolute atomic E-state index is 0.0346. The van der Waals surface area contributed by atoms with Gasteiger partial charge in [0.2, 0.25) is 0 Å². The number of carbonyl (C=O) groups is 1. The Bertz CT molecular complexity index is 241. The van der Waals surface area contributed by atoms with E-state index in [4.69, 9.17) is 10.5 Å². The number of nitrogens with two attached hydrogens (primary N) is 1. The zero-order valence-corrected chi connectivity index (χ0v) is 10.1. The van der Waals surface area contributed by atoms with Gasteiger partial charge in [0.05, 0.1) is 0 Å². The van der Waals surface area contributed by atoms with Crippen molar-refractivity contribution in [1.82, 2.24) is 5.32 Å². The number of carbonyl (C=O) groups excluding carboxylic acids is 1. The molecule has 1 saturated carbocycles. The Hall–Kier alpha value is -0.770. The van der Waals surface area contributed by atoms with Gasteiger partial charge in [-0.1, -0.05) is 6.92 Å². The topological polar surface area (TPSA) is 64.3 Å². The second-order valence-electron chi connectivity index (χ2n) is 5.59. The van der Waals surface area contributed by atoms with Crippen molar-refractivity contribution in [1.29, 1.82) is 0 Å². The molecule has 0 aromatic carbocycles. The average Bonchev–Trinajstić information content (AvgIpc) is 2.77. The summed E-state index contributed by atoms with van der Waals surface area (Å²) in [7, 11) is 0. The molecule has 0 aromatic rings. The molecule has 1 rings (SSSR count). The summed E-state index contributed by atoms with van der Waals surface area (Å²) >= 11 is 0. The number of rotatable bonds is 3. The predicted octanol–water partition coefficient (Wildman–Crippen LogP) is 1.64. The Labute approximate surface area is 91.5 Å². The fourth-order valence-electron chi connectivity index (χ4n) is 1.51. The van der Waals surface area contributed by atoms with Gasteiger partial charge in [-0.05, 0) is 39.0 Å². The quantitative estimate of drug-likeness (QED) is 0.750. The van der Waals surface area contributed by atoms with Gasteiger partial charge in [-0.15, -0.1) is 0 Å². The van der Waals surface area contributed by atoms with Gasteiger partial charge in [0.25, 0.3) is 0 Å². The van der Waals surface area contributed by atoms with Gasteiger partial charge in [0, 0.05) is 12.6 Å². The Balaban J connectivity index is 2.42. The van der Waals surface area contributed by atoms with Crippen LogP contribution in [0.2, 0.25) is 0 Å². The van der Waals surface area contributed by atoms with Crippen molar-refractivity contribution in [3.05, 3.63) is 0 Å². The molecule has 0 saturated heterocycles. The lowest BCUT2D eigenvalue weighted by molar-refractivity contribution is 0.0485.